The number of methoxy groups -OCH3 is 3. The van der Waals surface area contributed by atoms with Gasteiger partial charge in [-0.05, 0) is 25.1 Å². The quantitative estimate of drug-likeness (QED) is 0.471. The second-order valence-corrected chi connectivity index (χ2v) is 3.68. The fraction of sp³-hybridized carbons (Fsp3) is 0.286. The molecule has 0 spiro atoms. The zero-order chi connectivity index (χ0) is 14.4. The molecule has 1 aromatic rings. The molecule has 0 bridgehead atoms. The number of hydrogen-bond acceptors (Lipinski definition) is 5. The fourth-order valence-corrected chi connectivity index (χ4v) is 1.70. The number of esters is 1. The normalized spacial score (nSPS) is 10.6. The molecule has 0 aliphatic heterocycles. The maximum absolute atomic E-state index is 11.4. The van der Waals surface area contributed by atoms with Gasteiger partial charge < -0.3 is 14.2 Å². The van der Waals surface area contributed by atoms with Gasteiger partial charge in [-0.15, -0.1) is 0 Å². The Labute approximate surface area is 112 Å². The van der Waals surface area contributed by atoms with Gasteiger partial charge in [0.15, 0.2) is 0 Å². The molecule has 0 unspecified atom stereocenters. The van der Waals surface area contributed by atoms with Crippen LogP contribution in [0.15, 0.2) is 17.7 Å². The molecule has 0 radical (unpaired) electrons. The molecule has 5 nitrogen and oxygen atoms in total. The Morgan fingerprint density at radius 3 is 2.42 bits per heavy atom. The molecule has 0 atom stereocenters. The monoisotopic (exact) mass is 261 g/mol. The Kier molecular flexibility index (Phi) is 4.95. The molecule has 0 N–H and O–H groups in total. The first-order valence-corrected chi connectivity index (χ1v) is 5.50. The van der Waals surface area contributed by atoms with Gasteiger partial charge in [-0.25, -0.2) is 4.79 Å². The summed E-state index contributed by atoms with van der Waals surface area (Å²) in [6, 6.07) is 5.26. The van der Waals surface area contributed by atoms with Crippen molar-refractivity contribution >= 4 is 12.0 Å². The second kappa shape index (κ2) is 6.45. The highest BCUT2D eigenvalue weighted by Gasteiger charge is 2.13. The Hall–Kier alpha value is -2.48. The summed E-state index contributed by atoms with van der Waals surface area (Å²) in [5.41, 5.74) is 1.31. The first kappa shape index (κ1) is 14.6. The van der Waals surface area contributed by atoms with E-state index in [-0.39, 0.29) is 5.57 Å². The van der Waals surface area contributed by atoms with Crippen molar-refractivity contribution in [3.63, 3.8) is 0 Å². The lowest BCUT2D eigenvalue weighted by Crippen LogP contribution is -2.03. The molecule has 19 heavy (non-hydrogen) atoms. The number of ether oxygens (including phenoxy) is 3. The summed E-state index contributed by atoms with van der Waals surface area (Å²) < 4.78 is 15.0. The number of carbonyl (C=O) groups is 1. The van der Waals surface area contributed by atoms with E-state index in [0.717, 1.165) is 5.56 Å². The summed E-state index contributed by atoms with van der Waals surface area (Å²) in [7, 11) is 4.31. The van der Waals surface area contributed by atoms with Crippen molar-refractivity contribution in [1.82, 2.24) is 0 Å². The third-order valence-corrected chi connectivity index (χ3v) is 2.64. The van der Waals surface area contributed by atoms with Gasteiger partial charge in [-0.3, -0.25) is 0 Å². The van der Waals surface area contributed by atoms with Crippen LogP contribution in [-0.4, -0.2) is 27.3 Å². The van der Waals surface area contributed by atoms with Gasteiger partial charge in [-0.1, -0.05) is 0 Å². The van der Waals surface area contributed by atoms with Crippen LogP contribution in [0.3, 0.4) is 0 Å². The Morgan fingerprint density at radius 1 is 1.26 bits per heavy atom. The topological polar surface area (TPSA) is 68.6 Å². The summed E-state index contributed by atoms with van der Waals surface area (Å²) in [4.78, 5) is 11.4. The molecule has 100 valence electrons. The average molecular weight is 261 g/mol. The Balaban J connectivity index is 3.36. The summed E-state index contributed by atoms with van der Waals surface area (Å²) in [6.07, 6.45) is 1.43. The van der Waals surface area contributed by atoms with Crippen LogP contribution in [0.2, 0.25) is 0 Å². The third kappa shape index (κ3) is 3.05. The van der Waals surface area contributed by atoms with Gasteiger partial charge in [0.1, 0.15) is 23.1 Å². The predicted molar refractivity (Wildman–Crippen MR) is 69.9 cm³/mol. The smallest absolute Gasteiger partial charge is 0.348 e. The molecular weight excluding hydrogens is 246 g/mol. The molecule has 1 aromatic carbocycles. The van der Waals surface area contributed by atoms with Crippen LogP contribution >= 0.6 is 0 Å². The van der Waals surface area contributed by atoms with Crippen molar-refractivity contribution in [3.8, 4) is 17.6 Å². The van der Waals surface area contributed by atoms with Gasteiger partial charge in [0.25, 0.3) is 0 Å². The van der Waals surface area contributed by atoms with Crippen molar-refractivity contribution < 1.29 is 19.0 Å². The molecule has 0 amide bonds. The summed E-state index contributed by atoms with van der Waals surface area (Å²) in [6.45, 7) is 1.83. The summed E-state index contributed by atoms with van der Waals surface area (Å²) in [5.74, 6) is 0.541. The standard InChI is InChI=1S/C14H15NO4/c1-9-12(17-2)6-5-10(13(9)18-3)7-11(8-15)14(16)19-4/h5-7H,1-4H3/b11-7+. The number of rotatable bonds is 4. The lowest BCUT2D eigenvalue weighted by atomic mass is 10.1. The molecule has 0 saturated carbocycles. The largest absolute Gasteiger partial charge is 0.496 e. The lowest BCUT2D eigenvalue weighted by Gasteiger charge is -2.12. The first-order valence-electron chi connectivity index (χ1n) is 5.50. The third-order valence-electron chi connectivity index (χ3n) is 2.64. The zero-order valence-corrected chi connectivity index (χ0v) is 11.3. The minimum atomic E-state index is -0.682. The number of benzene rings is 1. The van der Waals surface area contributed by atoms with Crippen LogP contribution in [0.5, 0.6) is 11.5 Å². The van der Waals surface area contributed by atoms with Crippen LogP contribution in [0.25, 0.3) is 6.08 Å². The van der Waals surface area contributed by atoms with Gasteiger partial charge in [0.2, 0.25) is 0 Å². The van der Waals surface area contributed by atoms with E-state index >= 15 is 0 Å². The van der Waals surface area contributed by atoms with Gasteiger partial charge >= 0.3 is 5.97 Å². The van der Waals surface area contributed by atoms with Crippen LogP contribution in [-0.2, 0) is 9.53 Å². The molecule has 0 aliphatic rings. The molecule has 5 heteroatoms. The zero-order valence-electron chi connectivity index (χ0n) is 11.3. The highest BCUT2D eigenvalue weighted by molar-refractivity contribution is 5.98. The van der Waals surface area contributed by atoms with Crippen LogP contribution in [0.1, 0.15) is 11.1 Å². The van der Waals surface area contributed by atoms with E-state index in [9.17, 15) is 4.79 Å². The van der Waals surface area contributed by atoms with E-state index in [1.165, 1.54) is 20.3 Å². The summed E-state index contributed by atoms with van der Waals surface area (Å²) in [5, 5.41) is 8.94. The van der Waals surface area contributed by atoms with Crippen molar-refractivity contribution in [3.05, 3.63) is 28.8 Å². The van der Waals surface area contributed by atoms with E-state index in [0.29, 0.717) is 17.1 Å². The minimum absolute atomic E-state index is 0.0923. The Morgan fingerprint density at radius 2 is 1.95 bits per heavy atom. The maximum Gasteiger partial charge on any atom is 0.348 e. The van der Waals surface area contributed by atoms with Crippen molar-refractivity contribution in [1.29, 1.82) is 5.26 Å². The highest BCUT2D eigenvalue weighted by Crippen LogP contribution is 2.32. The van der Waals surface area contributed by atoms with Crippen molar-refractivity contribution in [2.45, 2.75) is 6.92 Å². The van der Waals surface area contributed by atoms with Crippen molar-refractivity contribution in [2.24, 2.45) is 0 Å². The molecular formula is C14H15NO4. The molecule has 1 rings (SSSR count). The molecule has 0 fully saturated rings. The maximum atomic E-state index is 11.4. The van der Waals surface area contributed by atoms with E-state index in [4.69, 9.17) is 14.7 Å². The van der Waals surface area contributed by atoms with Crippen LogP contribution in [0.4, 0.5) is 0 Å². The number of hydrogen-bond donors (Lipinski definition) is 0. The van der Waals surface area contributed by atoms with Crippen molar-refractivity contribution in [2.75, 3.05) is 21.3 Å². The van der Waals surface area contributed by atoms with Crippen LogP contribution in [0, 0.1) is 18.3 Å². The molecule has 0 heterocycles. The number of nitriles is 1. The minimum Gasteiger partial charge on any atom is -0.496 e. The van der Waals surface area contributed by atoms with Gasteiger partial charge in [0, 0.05) is 11.1 Å². The lowest BCUT2D eigenvalue weighted by molar-refractivity contribution is -0.135. The summed E-state index contributed by atoms with van der Waals surface area (Å²) >= 11 is 0. The van der Waals surface area contributed by atoms with E-state index in [1.807, 2.05) is 6.92 Å². The van der Waals surface area contributed by atoms with Gasteiger partial charge in [0.05, 0.1) is 21.3 Å². The van der Waals surface area contributed by atoms with E-state index in [2.05, 4.69) is 4.74 Å². The average Bonchev–Trinajstić information content (AvgIpc) is 2.44. The second-order valence-electron chi connectivity index (χ2n) is 3.68. The molecule has 0 saturated heterocycles. The van der Waals surface area contributed by atoms with Crippen LogP contribution < -0.4 is 9.47 Å². The molecule has 0 aliphatic carbocycles. The first-order chi connectivity index (χ1) is 9.08. The highest BCUT2D eigenvalue weighted by atomic mass is 16.5. The van der Waals surface area contributed by atoms with Gasteiger partial charge in [-0.2, -0.15) is 5.26 Å². The Bertz CT molecular complexity index is 555. The predicted octanol–water partition coefficient (Wildman–Crippen LogP) is 2.09. The number of carbonyl (C=O) groups excluding carboxylic acids is 1. The SMILES string of the molecule is COC(=O)/C(C#N)=C/c1ccc(OC)c(C)c1OC. The van der Waals surface area contributed by atoms with E-state index < -0.39 is 5.97 Å². The number of nitrogens with zero attached hydrogens (tertiary/aromatic N) is 1. The molecule has 0 aromatic heterocycles. The fourth-order valence-electron chi connectivity index (χ4n) is 1.70. The van der Waals surface area contributed by atoms with E-state index in [1.54, 1.807) is 25.3 Å².